The minimum Gasteiger partial charge on any atom is -0.441 e. The summed E-state index contributed by atoms with van der Waals surface area (Å²) in [5.41, 5.74) is 2.28. The van der Waals surface area contributed by atoms with E-state index in [1.165, 1.54) is 12.1 Å². The van der Waals surface area contributed by atoms with Crippen molar-refractivity contribution in [2.45, 2.75) is 19.3 Å². The average Bonchev–Trinajstić information content (AvgIpc) is 3.33. The molecule has 4 rings (SSSR count). The number of amides is 1. The quantitative estimate of drug-likeness (QED) is 0.469. The molecule has 0 spiro atoms. The standard InChI is InChI=1S/C20H16ClN3O4/c21-16-4-2-1-3-15(16)18-12-22-19(28-18)7-8-20(25)23-10-9-13-5-6-14(24(26)27)11-17(13)23/h1-6,11-12H,7-10H2. The van der Waals surface area contributed by atoms with Crippen LogP contribution in [0.25, 0.3) is 11.3 Å². The van der Waals surface area contributed by atoms with Crippen LogP contribution >= 0.6 is 11.6 Å². The number of aryl methyl sites for hydroxylation is 1. The van der Waals surface area contributed by atoms with Crippen molar-refractivity contribution in [1.82, 2.24) is 4.98 Å². The molecule has 7 nitrogen and oxygen atoms in total. The summed E-state index contributed by atoms with van der Waals surface area (Å²) in [6.07, 6.45) is 2.82. The number of carbonyl (C=O) groups is 1. The predicted octanol–water partition coefficient (Wildman–Crippen LogP) is 4.43. The van der Waals surface area contributed by atoms with Gasteiger partial charge in [0, 0.05) is 37.1 Å². The van der Waals surface area contributed by atoms with Gasteiger partial charge >= 0.3 is 0 Å². The molecule has 28 heavy (non-hydrogen) atoms. The summed E-state index contributed by atoms with van der Waals surface area (Å²) in [4.78, 5) is 29.0. The van der Waals surface area contributed by atoms with Crippen LogP contribution in [0.2, 0.25) is 5.02 Å². The number of aromatic nitrogens is 1. The minimum atomic E-state index is -0.454. The monoisotopic (exact) mass is 397 g/mol. The molecular formula is C20H16ClN3O4. The van der Waals surface area contributed by atoms with E-state index in [-0.39, 0.29) is 18.0 Å². The van der Waals surface area contributed by atoms with E-state index in [2.05, 4.69) is 4.98 Å². The Balaban J connectivity index is 1.45. The van der Waals surface area contributed by atoms with Gasteiger partial charge in [0.1, 0.15) is 0 Å². The molecule has 1 aliphatic rings. The highest BCUT2D eigenvalue weighted by Crippen LogP contribution is 2.32. The fraction of sp³-hybridized carbons (Fsp3) is 0.200. The number of hydrogen-bond donors (Lipinski definition) is 0. The Hall–Kier alpha value is -3.19. The average molecular weight is 398 g/mol. The lowest BCUT2D eigenvalue weighted by atomic mass is 10.1. The highest BCUT2D eigenvalue weighted by molar-refractivity contribution is 6.33. The molecule has 0 bridgehead atoms. The molecule has 0 fully saturated rings. The summed E-state index contributed by atoms with van der Waals surface area (Å²) in [7, 11) is 0. The molecule has 0 aliphatic carbocycles. The van der Waals surface area contributed by atoms with E-state index in [0.29, 0.717) is 41.7 Å². The maximum atomic E-state index is 12.7. The van der Waals surface area contributed by atoms with Crippen molar-refractivity contribution in [3.63, 3.8) is 0 Å². The second kappa shape index (κ2) is 7.44. The normalized spacial score (nSPS) is 12.8. The van der Waals surface area contributed by atoms with Gasteiger partial charge in [-0.15, -0.1) is 0 Å². The molecule has 0 saturated heterocycles. The summed E-state index contributed by atoms with van der Waals surface area (Å²) in [6, 6.07) is 11.9. The summed E-state index contributed by atoms with van der Waals surface area (Å²) in [6.45, 7) is 0.520. The third-order valence-electron chi connectivity index (χ3n) is 4.72. The van der Waals surface area contributed by atoms with Crippen molar-refractivity contribution in [2.75, 3.05) is 11.4 Å². The van der Waals surface area contributed by atoms with E-state index in [4.69, 9.17) is 16.0 Å². The van der Waals surface area contributed by atoms with Gasteiger partial charge in [0.2, 0.25) is 5.91 Å². The summed E-state index contributed by atoms with van der Waals surface area (Å²) in [5.74, 6) is 0.883. The Morgan fingerprint density at radius 1 is 1.29 bits per heavy atom. The van der Waals surface area contributed by atoms with Crippen LogP contribution in [0, 0.1) is 10.1 Å². The maximum absolute atomic E-state index is 12.7. The molecule has 1 aliphatic heterocycles. The van der Waals surface area contributed by atoms with Gasteiger partial charge in [0.05, 0.1) is 21.8 Å². The van der Waals surface area contributed by atoms with Crippen LogP contribution in [0.1, 0.15) is 17.9 Å². The molecular weight excluding hydrogens is 382 g/mol. The van der Waals surface area contributed by atoms with Crippen LogP contribution in [0.3, 0.4) is 0 Å². The van der Waals surface area contributed by atoms with Crippen molar-refractivity contribution in [1.29, 1.82) is 0 Å². The van der Waals surface area contributed by atoms with E-state index >= 15 is 0 Å². The summed E-state index contributed by atoms with van der Waals surface area (Å²) < 4.78 is 5.73. The second-order valence-corrected chi connectivity index (χ2v) is 6.87. The second-order valence-electron chi connectivity index (χ2n) is 6.46. The van der Waals surface area contributed by atoms with Gasteiger partial charge < -0.3 is 9.32 Å². The predicted molar refractivity (Wildman–Crippen MR) is 104 cm³/mol. The van der Waals surface area contributed by atoms with Gasteiger partial charge in [-0.05, 0) is 24.1 Å². The van der Waals surface area contributed by atoms with Crippen molar-refractivity contribution < 1.29 is 14.1 Å². The van der Waals surface area contributed by atoms with Crippen molar-refractivity contribution >= 4 is 28.9 Å². The number of halogens is 1. The smallest absolute Gasteiger partial charge is 0.271 e. The molecule has 0 radical (unpaired) electrons. The van der Waals surface area contributed by atoms with Gasteiger partial charge in [0.15, 0.2) is 11.7 Å². The first-order valence-corrected chi connectivity index (χ1v) is 9.18. The number of non-ortho nitro benzene ring substituents is 1. The Kier molecular flexibility index (Phi) is 4.83. The number of nitro groups is 1. The van der Waals surface area contributed by atoms with E-state index in [0.717, 1.165) is 11.1 Å². The van der Waals surface area contributed by atoms with Crippen molar-refractivity contribution in [3.8, 4) is 11.3 Å². The first-order chi connectivity index (χ1) is 13.5. The Morgan fingerprint density at radius 3 is 2.89 bits per heavy atom. The lowest BCUT2D eigenvalue weighted by Crippen LogP contribution is -2.29. The highest BCUT2D eigenvalue weighted by atomic mass is 35.5. The number of hydrogen-bond acceptors (Lipinski definition) is 5. The number of anilines is 1. The van der Waals surface area contributed by atoms with E-state index in [1.807, 2.05) is 18.2 Å². The SMILES string of the molecule is O=C(CCc1ncc(-c2ccccc2Cl)o1)N1CCc2ccc([N+](=O)[O-])cc21. The van der Waals surface area contributed by atoms with Crippen LogP contribution in [-0.2, 0) is 17.6 Å². The van der Waals surface area contributed by atoms with Crippen LogP contribution < -0.4 is 4.90 Å². The van der Waals surface area contributed by atoms with Crippen LogP contribution in [0.15, 0.2) is 53.1 Å². The largest absolute Gasteiger partial charge is 0.441 e. The maximum Gasteiger partial charge on any atom is 0.271 e. The van der Waals surface area contributed by atoms with Gasteiger partial charge in [-0.1, -0.05) is 29.8 Å². The molecule has 142 valence electrons. The third-order valence-corrected chi connectivity index (χ3v) is 5.05. The number of nitro benzene ring substituents is 1. The fourth-order valence-electron chi connectivity index (χ4n) is 3.30. The molecule has 1 amide bonds. The van der Waals surface area contributed by atoms with E-state index < -0.39 is 4.92 Å². The fourth-order valence-corrected chi connectivity index (χ4v) is 3.53. The summed E-state index contributed by atoms with van der Waals surface area (Å²) >= 11 is 6.17. The van der Waals surface area contributed by atoms with Crippen molar-refractivity contribution in [2.24, 2.45) is 0 Å². The lowest BCUT2D eigenvalue weighted by Gasteiger charge is -2.16. The minimum absolute atomic E-state index is 0.0180. The molecule has 2 heterocycles. The molecule has 1 aromatic heterocycles. The Labute approximate surface area is 165 Å². The molecule has 8 heteroatoms. The molecule has 0 N–H and O–H groups in total. The van der Waals surface area contributed by atoms with Crippen LogP contribution in [0.5, 0.6) is 0 Å². The molecule has 2 aromatic carbocycles. The third kappa shape index (κ3) is 3.48. The van der Waals surface area contributed by atoms with Gasteiger partial charge in [-0.25, -0.2) is 4.98 Å². The lowest BCUT2D eigenvalue weighted by molar-refractivity contribution is -0.384. The van der Waals surface area contributed by atoms with Crippen LogP contribution in [-0.4, -0.2) is 22.4 Å². The number of fused-ring (bicyclic) bond motifs is 1. The zero-order chi connectivity index (χ0) is 19.7. The first-order valence-electron chi connectivity index (χ1n) is 8.80. The Bertz CT molecular complexity index is 1060. The zero-order valence-corrected chi connectivity index (χ0v) is 15.6. The van der Waals surface area contributed by atoms with Gasteiger partial charge in [-0.3, -0.25) is 14.9 Å². The number of benzene rings is 2. The molecule has 0 unspecified atom stereocenters. The van der Waals surface area contributed by atoms with E-state index in [9.17, 15) is 14.9 Å². The van der Waals surface area contributed by atoms with Gasteiger partial charge in [0.25, 0.3) is 5.69 Å². The highest BCUT2D eigenvalue weighted by Gasteiger charge is 2.26. The van der Waals surface area contributed by atoms with E-state index in [1.54, 1.807) is 23.2 Å². The zero-order valence-electron chi connectivity index (χ0n) is 14.8. The number of rotatable bonds is 5. The topological polar surface area (TPSA) is 89.5 Å². The van der Waals surface area contributed by atoms with Gasteiger partial charge in [-0.2, -0.15) is 0 Å². The molecule has 0 atom stereocenters. The first kappa shape index (κ1) is 18.2. The number of nitrogens with zero attached hydrogens (tertiary/aromatic N) is 3. The van der Waals surface area contributed by atoms with Crippen molar-refractivity contribution in [3.05, 3.63) is 75.3 Å². The molecule has 3 aromatic rings. The summed E-state index contributed by atoms with van der Waals surface area (Å²) in [5, 5.41) is 11.6. The molecule has 0 saturated carbocycles. The number of carbonyl (C=O) groups excluding carboxylic acids is 1. The number of oxazole rings is 1. The Morgan fingerprint density at radius 2 is 2.11 bits per heavy atom. The van der Waals surface area contributed by atoms with Crippen LogP contribution in [0.4, 0.5) is 11.4 Å².